The van der Waals surface area contributed by atoms with Crippen LogP contribution in [0.1, 0.15) is 50.3 Å². The summed E-state index contributed by atoms with van der Waals surface area (Å²) >= 11 is 6.37. The second kappa shape index (κ2) is 10.6. The number of hydrazine groups is 1. The minimum Gasteiger partial charge on any atom is -0.489 e. The number of nitrogens with one attached hydrogen (secondary N) is 1. The average molecular weight is 445 g/mol. The molecular formula is C24H29ClN2O4. The van der Waals surface area contributed by atoms with E-state index in [0.29, 0.717) is 29.6 Å². The summed E-state index contributed by atoms with van der Waals surface area (Å²) in [6.07, 6.45) is 3.91. The van der Waals surface area contributed by atoms with E-state index in [9.17, 15) is 4.79 Å². The van der Waals surface area contributed by atoms with Gasteiger partial charge in [0.25, 0.3) is 0 Å². The molecule has 0 amide bonds. The van der Waals surface area contributed by atoms with E-state index in [4.69, 9.17) is 25.9 Å². The predicted molar refractivity (Wildman–Crippen MR) is 123 cm³/mol. The SMILES string of the molecule is CCOC(=O)CCCc1cccc(N2C=C(c3ccc(OC(C)C)c(Cl)c3)ON2)c1C. The Kier molecular flexibility index (Phi) is 7.82. The van der Waals surface area contributed by atoms with Crippen molar-refractivity contribution in [1.29, 1.82) is 0 Å². The number of nitrogens with zero attached hydrogens (tertiary/aromatic N) is 1. The van der Waals surface area contributed by atoms with Crippen molar-refractivity contribution in [2.24, 2.45) is 0 Å². The summed E-state index contributed by atoms with van der Waals surface area (Å²) in [5, 5.41) is 2.38. The van der Waals surface area contributed by atoms with Gasteiger partial charge in [-0.3, -0.25) is 4.79 Å². The molecule has 0 spiro atoms. The van der Waals surface area contributed by atoms with Crippen molar-refractivity contribution in [3.8, 4) is 5.75 Å². The Morgan fingerprint density at radius 2 is 2.06 bits per heavy atom. The van der Waals surface area contributed by atoms with E-state index in [0.717, 1.165) is 29.7 Å². The van der Waals surface area contributed by atoms with Crippen molar-refractivity contribution in [2.45, 2.75) is 53.1 Å². The maximum Gasteiger partial charge on any atom is 0.305 e. The van der Waals surface area contributed by atoms with Crippen LogP contribution in [0.4, 0.5) is 5.69 Å². The van der Waals surface area contributed by atoms with E-state index in [1.807, 2.05) is 62.3 Å². The molecule has 1 aliphatic heterocycles. The van der Waals surface area contributed by atoms with Crippen LogP contribution >= 0.6 is 11.6 Å². The first-order valence-electron chi connectivity index (χ1n) is 10.5. The summed E-state index contributed by atoms with van der Waals surface area (Å²) in [5.41, 5.74) is 7.07. The van der Waals surface area contributed by atoms with Crippen molar-refractivity contribution in [1.82, 2.24) is 5.59 Å². The van der Waals surface area contributed by atoms with Crippen LogP contribution in [0, 0.1) is 6.92 Å². The fourth-order valence-corrected chi connectivity index (χ4v) is 3.61. The van der Waals surface area contributed by atoms with Gasteiger partial charge in [0.15, 0.2) is 5.76 Å². The summed E-state index contributed by atoms with van der Waals surface area (Å²) < 4.78 is 10.7. The van der Waals surface area contributed by atoms with Gasteiger partial charge in [0.2, 0.25) is 0 Å². The summed E-state index contributed by atoms with van der Waals surface area (Å²) in [6.45, 7) is 8.23. The monoisotopic (exact) mass is 444 g/mol. The average Bonchev–Trinajstić information content (AvgIpc) is 3.21. The number of hydrogen-bond acceptors (Lipinski definition) is 6. The summed E-state index contributed by atoms with van der Waals surface area (Å²) in [7, 11) is 0. The largest absolute Gasteiger partial charge is 0.489 e. The first kappa shape index (κ1) is 23.0. The number of benzene rings is 2. The Labute approximate surface area is 188 Å². The summed E-state index contributed by atoms with van der Waals surface area (Å²) in [5.74, 6) is 1.15. The molecule has 2 aromatic carbocycles. The fraction of sp³-hybridized carbons (Fsp3) is 0.375. The van der Waals surface area contributed by atoms with E-state index >= 15 is 0 Å². The number of carbonyl (C=O) groups excluding carboxylic acids is 1. The molecule has 1 heterocycles. The lowest BCUT2D eigenvalue weighted by atomic mass is 10.0. The molecule has 0 atom stereocenters. The zero-order valence-corrected chi connectivity index (χ0v) is 19.2. The maximum absolute atomic E-state index is 11.6. The molecule has 0 saturated heterocycles. The van der Waals surface area contributed by atoms with Gasteiger partial charge in [-0.2, -0.15) is 0 Å². The normalized spacial score (nSPS) is 13.2. The van der Waals surface area contributed by atoms with Crippen LogP contribution in [0.3, 0.4) is 0 Å². The van der Waals surface area contributed by atoms with Gasteiger partial charge in [-0.05, 0) is 75.9 Å². The lowest BCUT2D eigenvalue weighted by molar-refractivity contribution is -0.143. The Hall–Kier alpha value is -2.70. The zero-order valence-electron chi connectivity index (χ0n) is 18.4. The second-order valence-electron chi connectivity index (χ2n) is 7.59. The Bertz CT molecular complexity index is 959. The van der Waals surface area contributed by atoms with E-state index in [1.54, 1.807) is 0 Å². The van der Waals surface area contributed by atoms with Crippen LogP contribution in [0.25, 0.3) is 5.76 Å². The molecule has 0 bridgehead atoms. The molecule has 6 nitrogen and oxygen atoms in total. The number of rotatable bonds is 9. The molecule has 0 aliphatic carbocycles. The van der Waals surface area contributed by atoms with Crippen LogP contribution in [-0.2, 0) is 20.8 Å². The van der Waals surface area contributed by atoms with Crippen molar-refractivity contribution in [3.63, 3.8) is 0 Å². The Balaban J connectivity index is 1.71. The number of ether oxygens (including phenoxy) is 2. The van der Waals surface area contributed by atoms with Gasteiger partial charge in [0.05, 0.1) is 29.6 Å². The van der Waals surface area contributed by atoms with Crippen LogP contribution in [0.15, 0.2) is 42.6 Å². The van der Waals surface area contributed by atoms with Gasteiger partial charge in [0, 0.05) is 12.0 Å². The maximum atomic E-state index is 11.6. The summed E-state index contributed by atoms with van der Waals surface area (Å²) in [4.78, 5) is 17.3. The molecule has 7 heteroatoms. The van der Waals surface area contributed by atoms with Crippen molar-refractivity contribution >= 4 is 29.0 Å². The highest BCUT2D eigenvalue weighted by Crippen LogP contribution is 2.32. The summed E-state index contributed by atoms with van der Waals surface area (Å²) in [6, 6.07) is 11.7. The molecule has 166 valence electrons. The lowest BCUT2D eigenvalue weighted by Crippen LogP contribution is -2.27. The van der Waals surface area contributed by atoms with Gasteiger partial charge in [-0.1, -0.05) is 29.3 Å². The zero-order chi connectivity index (χ0) is 22.4. The fourth-order valence-electron chi connectivity index (χ4n) is 3.38. The number of aryl methyl sites for hydroxylation is 1. The third kappa shape index (κ3) is 5.93. The quantitative estimate of drug-likeness (QED) is 0.510. The number of esters is 1. The molecule has 1 N–H and O–H groups in total. The molecule has 0 radical (unpaired) electrons. The molecule has 0 saturated carbocycles. The number of anilines is 1. The topological polar surface area (TPSA) is 60.0 Å². The van der Waals surface area contributed by atoms with Crippen molar-refractivity contribution in [2.75, 3.05) is 11.6 Å². The van der Waals surface area contributed by atoms with Crippen LogP contribution in [0.2, 0.25) is 5.02 Å². The minimum absolute atomic E-state index is 0.0509. The molecule has 2 aromatic rings. The highest BCUT2D eigenvalue weighted by Gasteiger charge is 2.20. The van der Waals surface area contributed by atoms with E-state index in [1.165, 1.54) is 5.56 Å². The predicted octanol–water partition coefficient (Wildman–Crippen LogP) is 5.58. The first-order chi connectivity index (χ1) is 14.9. The highest BCUT2D eigenvalue weighted by atomic mass is 35.5. The van der Waals surface area contributed by atoms with Gasteiger partial charge in [-0.15, -0.1) is 0 Å². The number of carbonyl (C=O) groups is 1. The number of hydrogen-bond donors (Lipinski definition) is 1. The van der Waals surface area contributed by atoms with Crippen LogP contribution < -0.4 is 15.3 Å². The van der Waals surface area contributed by atoms with Crippen LogP contribution in [-0.4, -0.2) is 18.7 Å². The molecule has 31 heavy (non-hydrogen) atoms. The van der Waals surface area contributed by atoms with E-state index in [2.05, 4.69) is 18.6 Å². The first-order valence-corrected chi connectivity index (χ1v) is 10.9. The standard InChI is InChI=1S/C24H29ClN2O4/c1-5-29-24(28)11-7-9-18-8-6-10-21(17(18)4)27-15-23(31-26-27)19-12-13-22(20(25)14-19)30-16(2)3/h6,8,10,12-16,26H,5,7,9,11H2,1-4H3. The molecule has 0 fully saturated rings. The molecular weight excluding hydrogens is 416 g/mol. The van der Waals surface area contributed by atoms with Crippen molar-refractivity contribution < 1.29 is 19.1 Å². The molecule has 0 unspecified atom stereocenters. The van der Waals surface area contributed by atoms with Gasteiger partial charge >= 0.3 is 5.97 Å². The van der Waals surface area contributed by atoms with Crippen molar-refractivity contribution in [3.05, 3.63) is 64.3 Å². The minimum atomic E-state index is -0.151. The third-order valence-electron chi connectivity index (χ3n) is 4.89. The molecule has 0 aromatic heterocycles. The van der Waals surface area contributed by atoms with Gasteiger partial charge in [-0.25, -0.2) is 5.01 Å². The highest BCUT2D eigenvalue weighted by molar-refractivity contribution is 6.32. The van der Waals surface area contributed by atoms with Gasteiger partial charge < -0.3 is 14.3 Å². The lowest BCUT2D eigenvalue weighted by Gasteiger charge is -2.18. The third-order valence-corrected chi connectivity index (χ3v) is 5.18. The Morgan fingerprint density at radius 3 is 2.77 bits per heavy atom. The van der Waals surface area contributed by atoms with Gasteiger partial charge in [0.1, 0.15) is 5.75 Å². The molecule has 3 rings (SSSR count). The van der Waals surface area contributed by atoms with Crippen LogP contribution in [0.5, 0.6) is 5.75 Å². The Morgan fingerprint density at radius 1 is 1.26 bits per heavy atom. The molecule has 1 aliphatic rings. The smallest absolute Gasteiger partial charge is 0.305 e. The van der Waals surface area contributed by atoms with E-state index in [-0.39, 0.29) is 12.1 Å². The number of halogens is 1. The second-order valence-corrected chi connectivity index (χ2v) is 8.00. The van der Waals surface area contributed by atoms with E-state index < -0.39 is 0 Å².